The van der Waals surface area contributed by atoms with Crippen molar-refractivity contribution in [1.29, 1.82) is 0 Å². The van der Waals surface area contributed by atoms with Crippen LogP contribution in [0.1, 0.15) is 6.42 Å². The first-order valence-corrected chi connectivity index (χ1v) is 8.16. The molecule has 0 aliphatic carbocycles. The second-order valence-electron chi connectivity index (χ2n) is 4.99. The van der Waals surface area contributed by atoms with Gasteiger partial charge in [0.25, 0.3) is 0 Å². The fourth-order valence-corrected chi connectivity index (χ4v) is 3.35. The molecule has 0 aromatic heterocycles. The fraction of sp³-hybridized carbons (Fsp3) is 0.500. The summed E-state index contributed by atoms with van der Waals surface area (Å²) >= 11 is 0. The van der Waals surface area contributed by atoms with E-state index in [9.17, 15) is 18.5 Å². The number of rotatable bonds is 4. The van der Waals surface area contributed by atoms with Crippen LogP contribution in [-0.4, -0.2) is 39.2 Å². The molecule has 110 valence electrons. The van der Waals surface area contributed by atoms with Crippen LogP contribution < -0.4 is 10.6 Å². The van der Waals surface area contributed by atoms with E-state index in [1.165, 1.54) is 12.1 Å². The van der Waals surface area contributed by atoms with Crippen molar-refractivity contribution in [3.05, 3.63) is 28.3 Å². The van der Waals surface area contributed by atoms with Crippen molar-refractivity contribution < 1.29 is 13.3 Å². The zero-order valence-corrected chi connectivity index (χ0v) is 12.0. The van der Waals surface area contributed by atoms with Gasteiger partial charge in [-0.25, -0.2) is 8.42 Å². The number of benzene rings is 1. The second kappa shape index (κ2) is 5.37. The number of nitrogens with zero attached hydrogens (tertiary/aromatic N) is 2. The van der Waals surface area contributed by atoms with Crippen molar-refractivity contribution in [3.8, 4) is 0 Å². The Morgan fingerprint density at radius 2 is 2.20 bits per heavy atom. The molecular weight excluding hydrogens is 282 g/mol. The van der Waals surface area contributed by atoms with Gasteiger partial charge in [0, 0.05) is 19.3 Å². The van der Waals surface area contributed by atoms with Gasteiger partial charge in [-0.2, -0.15) is 0 Å². The summed E-state index contributed by atoms with van der Waals surface area (Å²) < 4.78 is 23.4. The lowest BCUT2D eigenvalue weighted by molar-refractivity contribution is -0.387. The van der Waals surface area contributed by atoms with Crippen LogP contribution in [0, 0.1) is 16.0 Å². The summed E-state index contributed by atoms with van der Waals surface area (Å²) in [6.45, 7) is 1.79. The van der Waals surface area contributed by atoms with Crippen molar-refractivity contribution in [3.63, 3.8) is 0 Å². The van der Waals surface area contributed by atoms with Crippen LogP contribution in [0.25, 0.3) is 0 Å². The predicted molar refractivity (Wildman–Crippen MR) is 75.6 cm³/mol. The molecule has 1 unspecified atom stereocenters. The van der Waals surface area contributed by atoms with E-state index in [-0.39, 0.29) is 16.5 Å². The Kier molecular flexibility index (Phi) is 3.96. The first-order chi connectivity index (χ1) is 9.34. The lowest BCUT2D eigenvalue weighted by Crippen LogP contribution is -2.23. The zero-order chi connectivity index (χ0) is 14.9. The highest BCUT2D eigenvalue weighted by molar-refractivity contribution is 7.90. The summed E-state index contributed by atoms with van der Waals surface area (Å²) in [5.41, 5.74) is 5.63. The van der Waals surface area contributed by atoms with Gasteiger partial charge in [-0.15, -0.1) is 0 Å². The molecule has 2 N–H and O–H groups in total. The fourth-order valence-electron chi connectivity index (χ4n) is 2.49. The Morgan fingerprint density at radius 1 is 1.50 bits per heavy atom. The van der Waals surface area contributed by atoms with Gasteiger partial charge in [-0.3, -0.25) is 10.1 Å². The summed E-state index contributed by atoms with van der Waals surface area (Å²) in [7, 11) is -3.64. The van der Waals surface area contributed by atoms with Gasteiger partial charge < -0.3 is 10.6 Å². The molecule has 0 spiro atoms. The first kappa shape index (κ1) is 14.7. The van der Waals surface area contributed by atoms with Crippen molar-refractivity contribution in [2.24, 2.45) is 11.7 Å². The lowest BCUT2D eigenvalue weighted by Gasteiger charge is -2.19. The Hall–Kier alpha value is -1.67. The van der Waals surface area contributed by atoms with Crippen LogP contribution in [-0.2, 0) is 9.84 Å². The van der Waals surface area contributed by atoms with E-state index < -0.39 is 14.8 Å². The van der Waals surface area contributed by atoms with Crippen LogP contribution >= 0.6 is 0 Å². The van der Waals surface area contributed by atoms with E-state index in [1.54, 1.807) is 6.07 Å². The summed E-state index contributed by atoms with van der Waals surface area (Å²) in [5.74, 6) is 0.288. The highest BCUT2D eigenvalue weighted by atomic mass is 32.2. The van der Waals surface area contributed by atoms with Crippen LogP contribution in [0.3, 0.4) is 0 Å². The number of nitro benzene ring substituents is 1. The Balaban J connectivity index is 2.52. The number of anilines is 1. The second-order valence-corrected chi connectivity index (χ2v) is 6.97. The molecule has 1 heterocycles. The number of hydrogen-bond acceptors (Lipinski definition) is 6. The van der Waals surface area contributed by atoms with Gasteiger partial charge in [-0.05, 0) is 31.0 Å². The quantitative estimate of drug-likeness (QED) is 0.650. The maximum atomic E-state index is 11.7. The van der Waals surface area contributed by atoms with E-state index in [0.717, 1.165) is 12.7 Å². The Morgan fingerprint density at radius 3 is 2.70 bits per heavy atom. The minimum absolute atomic E-state index is 0.240. The van der Waals surface area contributed by atoms with E-state index in [4.69, 9.17) is 5.73 Å². The summed E-state index contributed by atoms with van der Waals surface area (Å²) in [5, 5.41) is 11.3. The number of nitro groups is 1. The van der Waals surface area contributed by atoms with Crippen LogP contribution in [0.2, 0.25) is 0 Å². The first-order valence-electron chi connectivity index (χ1n) is 6.27. The van der Waals surface area contributed by atoms with Crippen LogP contribution in [0.5, 0.6) is 0 Å². The molecular formula is C12H17N3O4S. The molecule has 20 heavy (non-hydrogen) atoms. The van der Waals surface area contributed by atoms with E-state index in [2.05, 4.69) is 0 Å². The molecule has 8 heteroatoms. The van der Waals surface area contributed by atoms with Crippen molar-refractivity contribution in [2.75, 3.05) is 30.8 Å². The maximum Gasteiger partial charge on any atom is 0.311 e. The van der Waals surface area contributed by atoms with Gasteiger partial charge >= 0.3 is 5.69 Å². The molecule has 1 aliphatic rings. The molecule has 2 rings (SSSR count). The molecule has 0 saturated carbocycles. The van der Waals surface area contributed by atoms with E-state index >= 15 is 0 Å². The molecule has 0 radical (unpaired) electrons. The normalized spacial score (nSPS) is 19.3. The van der Waals surface area contributed by atoms with Crippen molar-refractivity contribution in [1.82, 2.24) is 0 Å². The number of nitrogens with two attached hydrogens (primary N) is 1. The molecule has 1 saturated heterocycles. The Bertz CT molecular complexity index is 630. The van der Waals surface area contributed by atoms with Gasteiger partial charge in [0.1, 0.15) is 10.6 Å². The Labute approximate surface area is 117 Å². The topological polar surface area (TPSA) is 107 Å². The largest absolute Gasteiger partial charge is 0.366 e. The standard InChI is InChI=1S/C12H17N3O4S/c1-20(18,19)11-4-2-3-10(12(11)15(16)17)14-6-5-9(7-13)8-14/h2-4,9H,5-8,13H2,1H3. The third-order valence-corrected chi connectivity index (χ3v) is 4.65. The SMILES string of the molecule is CS(=O)(=O)c1cccc(N2CCC(CN)C2)c1[N+](=O)[O-]. The monoisotopic (exact) mass is 299 g/mol. The number of para-hydroxylation sites is 1. The molecule has 1 atom stereocenters. The third kappa shape index (κ3) is 2.75. The minimum atomic E-state index is -3.64. The van der Waals surface area contributed by atoms with Crippen LogP contribution in [0.4, 0.5) is 11.4 Å². The zero-order valence-electron chi connectivity index (χ0n) is 11.2. The smallest absolute Gasteiger partial charge is 0.311 e. The van der Waals surface area contributed by atoms with E-state index in [0.29, 0.717) is 25.3 Å². The average molecular weight is 299 g/mol. The highest BCUT2D eigenvalue weighted by Crippen LogP contribution is 2.36. The third-order valence-electron chi connectivity index (χ3n) is 3.52. The number of hydrogen-bond donors (Lipinski definition) is 1. The summed E-state index contributed by atoms with van der Waals surface area (Å²) in [6, 6.07) is 4.40. The molecule has 1 aromatic rings. The molecule has 0 bridgehead atoms. The van der Waals surface area contributed by atoms with Crippen molar-refractivity contribution >= 4 is 21.2 Å². The van der Waals surface area contributed by atoms with Crippen LogP contribution in [0.15, 0.2) is 23.1 Å². The van der Waals surface area contributed by atoms with Gasteiger partial charge in [0.2, 0.25) is 0 Å². The molecule has 7 nitrogen and oxygen atoms in total. The highest BCUT2D eigenvalue weighted by Gasteiger charge is 2.31. The van der Waals surface area contributed by atoms with Gasteiger partial charge in [0.15, 0.2) is 9.84 Å². The summed E-state index contributed by atoms with van der Waals surface area (Å²) in [4.78, 5) is 12.3. The summed E-state index contributed by atoms with van der Waals surface area (Å²) in [6.07, 6.45) is 1.84. The number of sulfone groups is 1. The van der Waals surface area contributed by atoms with Crippen molar-refractivity contribution in [2.45, 2.75) is 11.3 Å². The molecule has 1 aliphatic heterocycles. The minimum Gasteiger partial charge on any atom is -0.366 e. The molecule has 1 fully saturated rings. The average Bonchev–Trinajstić information content (AvgIpc) is 2.85. The molecule has 0 amide bonds. The molecule has 1 aromatic carbocycles. The maximum absolute atomic E-state index is 11.7. The van der Waals surface area contributed by atoms with Gasteiger partial charge in [0.05, 0.1) is 4.92 Å². The van der Waals surface area contributed by atoms with E-state index in [1.807, 2.05) is 4.90 Å². The predicted octanol–water partition coefficient (Wildman–Crippen LogP) is 0.783. The lowest BCUT2D eigenvalue weighted by atomic mass is 10.1. The van der Waals surface area contributed by atoms with Gasteiger partial charge in [-0.1, -0.05) is 6.07 Å².